The van der Waals surface area contributed by atoms with Gasteiger partial charge in [0.25, 0.3) is 0 Å². The first-order valence-electron chi connectivity index (χ1n) is 4.44. The summed E-state index contributed by atoms with van der Waals surface area (Å²) in [6.45, 7) is 4.25. The number of aryl methyl sites for hydroxylation is 2. The van der Waals surface area contributed by atoms with E-state index >= 15 is 0 Å². The summed E-state index contributed by atoms with van der Waals surface area (Å²) in [5, 5.41) is 7.29. The largest absolute Gasteiger partial charge is 0.282 e. The second-order valence-electron chi connectivity index (χ2n) is 2.77. The van der Waals surface area contributed by atoms with Crippen molar-refractivity contribution < 1.29 is 0 Å². The number of rotatable bonds is 4. The molecule has 3 heteroatoms. The molecule has 0 aliphatic rings. The van der Waals surface area contributed by atoms with E-state index in [4.69, 9.17) is 11.6 Å². The van der Waals surface area contributed by atoms with Crippen LogP contribution in [-0.2, 0) is 19.3 Å². The smallest absolute Gasteiger partial charge is 0.0654 e. The third-order valence-electron chi connectivity index (χ3n) is 2.07. The van der Waals surface area contributed by atoms with Gasteiger partial charge in [-0.3, -0.25) is 5.10 Å². The molecule has 0 aliphatic heterocycles. The molecule has 1 N–H and O–H groups in total. The summed E-state index contributed by atoms with van der Waals surface area (Å²) >= 11 is 5.71. The second-order valence-corrected chi connectivity index (χ2v) is 3.15. The third kappa shape index (κ3) is 1.81. The van der Waals surface area contributed by atoms with Crippen molar-refractivity contribution in [2.75, 3.05) is 5.88 Å². The fraction of sp³-hybridized carbons (Fsp3) is 0.667. The van der Waals surface area contributed by atoms with E-state index in [1.807, 2.05) is 0 Å². The lowest BCUT2D eigenvalue weighted by molar-refractivity contribution is 0.936. The molecule has 0 bridgehead atoms. The highest BCUT2D eigenvalue weighted by atomic mass is 35.5. The molecule has 0 radical (unpaired) electrons. The fourth-order valence-electron chi connectivity index (χ4n) is 1.42. The van der Waals surface area contributed by atoms with Gasteiger partial charge in [-0.1, -0.05) is 13.8 Å². The van der Waals surface area contributed by atoms with Crippen LogP contribution >= 0.6 is 11.6 Å². The van der Waals surface area contributed by atoms with Gasteiger partial charge < -0.3 is 0 Å². The molecule has 0 atom stereocenters. The first-order chi connectivity index (χ1) is 5.83. The monoisotopic (exact) mass is 186 g/mol. The number of aromatic nitrogens is 2. The molecule has 1 aromatic heterocycles. The van der Waals surface area contributed by atoms with Gasteiger partial charge in [0.2, 0.25) is 0 Å². The molecule has 1 aromatic rings. The normalized spacial score (nSPS) is 10.6. The third-order valence-corrected chi connectivity index (χ3v) is 2.26. The maximum Gasteiger partial charge on any atom is 0.0654 e. The average molecular weight is 187 g/mol. The van der Waals surface area contributed by atoms with Crippen LogP contribution in [0, 0.1) is 0 Å². The van der Waals surface area contributed by atoms with E-state index < -0.39 is 0 Å². The van der Waals surface area contributed by atoms with Gasteiger partial charge in [0.1, 0.15) is 0 Å². The van der Waals surface area contributed by atoms with E-state index in [9.17, 15) is 0 Å². The van der Waals surface area contributed by atoms with Crippen LogP contribution in [0.2, 0.25) is 0 Å². The van der Waals surface area contributed by atoms with Crippen molar-refractivity contribution in [3.05, 3.63) is 17.0 Å². The van der Waals surface area contributed by atoms with Crippen molar-refractivity contribution in [3.8, 4) is 0 Å². The molecule has 2 nitrogen and oxygen atoms in total. The number of nitrogens with zero attached hydrogens (tertiary/aromatic N) is 1. The quantitative estimate of drug-likeness (QED) is 0.719. The van der Waals surface area contributed by atoms with Gasteiger partial charge in [-0.05, 0) is 24.8 Å². The number of alkyl halides is 1. The number of hydrogen-bond donors (Lipinski definition) is 1. The minimum atomic E-state index is 0.680. The number of H-pyrrole nitrogens is 1. The zero-order valence-electron chi connectivity index (χ0n) is 7.65. The molecule has 0 saturated carbocycles. The zero-order chi connectivity index (χ0) is 8.97. The highest BCUT2D eigenvalue weighted by molar-refractivity contribution is 6.18. The Bertz CT molecular complexity index is 221. The highest BCUT2D eigenvalue weighted by Gasteiger charge is 2.08. The van der Waals surface area contributed by atoms with Crippen LogP contribution in [0.15, 0.2) is 0 Å². The minimum Gasteiger partial charge on any atom is -0.282 e. The van der Waals surface area contributed by atoms with Gasteiger partial charge in [-0.2, -0.15) is 5.10 Å². The van der Waals surface area contributed by atoms with Crippen LogP contribution in [0.25, 0.3) is 0 Å². The van der Waals surface area contributed by atoms with E-state index in [2.05, 4.69) is 24.0 Å². The van der Waals surface area contributed by atoms with Gasteiger partial charge in [0.15, 0.2) is 0 Å². The Hall–Kier alpha value is -0.500. The van der Waals surface area contributed by atoms with Crippen LogP contribution in [0.3, 0.4) is 0 Å². The molecule has 0 unspecified atom stereocenters. The Morgan fingerprint density at radius 2 is 2.08 bits per heavy atom. The van der Waals surface area contributed by atoms with Crippen LogP contribution in [0.4, 0.5) is 0 Å². The van der Waals surface area contributed by atoms with Crippen molar-refractivity contribution in [2.45, 2.75) is 33.1 Å². The number of nitrogens with one attached hydrogen (secondary N) is 1. The Morgan fingerprint density at radius 1 is 1.33 bits per heavy atom. The molecule has 0 fully saturated rings. The lowest BCUT2D eigenvalue weighted by atomic mass is 10.1. The number of halogens is 1. The Balaban J connectivity index is 2.90. The van der Waals surface area contributed by atoms with Crippen molar-refractivity contribution in [1.82, 2.24) is 10.2 Å². The molecule has 1 heterocycles. The van der Waals surface area contributed by atoms with Gasteiger partial charge >= 0.3 is 0 Å². The summed E-state index contributed by atoms with van der Waals surface area (Å²) in [5.74, 6) is 0.680. The molecule has 0 saturated heterocycles. The predicted octanol–water partition coefficient (Wildman–Crippen LogP) is 2.32. The van der Waals surface area contributed by atoms with Gasteiger partial charge in [0, 0.05) is 11.6 Å². The minimum absolute atomic E-state index is 0.680. The second kappa shape index (κ2) is 4.51. The first kappa shape index (κ1) is 9.59. The fourth-order valence-corrected chi connectivity index (χ4v) is 1.61. The van der Waals surface area contributed by atoms with E-state index in [1.54, 1.807) is 0 Å². The molecule has 68 valence electrons. The summed E-state index contributed by atoms with van der Waals surface area (Å²) < 4.78 is 0. The Morgan fingerprint density at radius 3 is 2.58 bits per heavy atom. The molecule has 0 spiro atoms. The summed E-state index contributed by atoms with van der Waals surface area (Å²) in [6.07, 6.45) is 2.94. The average Bonchev–Trinajstić information content (AvgIpc) is 2.48. The van der Waals surface area contributed by atoms with E-state index in [-0.39, 0.29) is 0 Å². The van der Waals surface area contributed by atoms with Crippen LogP contribution < -0.4 is 0 Å². The van der Waals surface area contributed by atoms with Crippen LogP contribution in [0.5, 0.6) is 0 Å². The molecule has 0 aliphatic carbocycles. The summed E-state index contributed by atoms with van der Waals surface area (Å²) in [4.78, 5) is 0. The maximum atomic E-state index is 5.71. The maximum absolute atomic E-state index is 5.71. The van der Waals surface area contributed by atoms with Crippen molar-refractivity contribution in [2.24, 2.45) is 0 Å². The summed E-state index contributed by atoms with van der Waals surface area (Å²) in [7, 11) is 0. The standard InChI is InChI=1S/C9H15ClN2/c1-3-8-7(5-6-10)9(4-2)12-11-8/h3-6H2,1-2H3,(H,11,12). The van der Waals surface area contributed by atoms with E-state index in [0.29, 0.717) is 5.88 Å². The summed E-state index contributed by atoms with van der Waals surface area (Å²) in [6, 6.07) is 0. The lowest BCUT2D eigenvalue weighted by Crippen LogP contribution is -1.94. The zero-order valence-corrected chi connectivity index (χ0v) is 8.41. The molecular weight excluding hydrogens is 172 g/mol. The van der Waals surface area contributed by atoms with E-state index in [0.717, 1.165) is 19.3 Å². The van der Waals surface area contributed by atoms with Crippen LogP contribution in [-0.4, -0.2) is 16.1 Å². The molecular formula is C9H15ClN2. The SMILES string of the molecule is CCc1n[nH]c(CC)c1CCCl. The van der Waals surface area contributed by atoms with Gasteiger partial charge in [-0.15, -0.1) is 11.6 Å². The Kier molecular flexibility index (Phi) is 3.60. The van der Waals surface area contributed by atoms with Gasteiger partial charge in [0.05, 0.1) is 5.69 Å². The molecule has 0 aromatic carbocycles. The first-order valence-corrected chi connectivity index (χ1v) is 4.97. The van der Waals surface area contributed by atoms with Crippen molar-refractivity contribution in [3.63, 3.8) is 0 Å². The lowest BCUT2D eigenvalue weighted by Gasteiger charge is -1.99. The topological polar surface area (TPSA) is 28.7 Å². The highest BCUT2D eigenvalue weighted by Crippen LogP contribution is 2.13. The number of aromatic amines is 1. The number of hydrogen-bond acceptors (Lipinski definition) is 1. The van der Waals surface area contributed by atoms with Gasteiger partial charge in [-0.25, -0.2) is 0 Å². The van der Waals surface area contributed by atoms with Crippen LogP contribution in [0.1, 0.15) is 30.8 Å². The van der Waals surface area contributed by atoms with Crippen molar-refractivity contribution in [1.29, 1.82) is 0 Å². The molecule has 1 rings (SSSR count). The summed E-state index contributed by atoms with van der Waals surface area (Å²) in [5.41, 5.74) is 3.75. The molecule has 0 amide bonds. The van der Waals surface area contributed by atoms with Crippen molar-refractivity contribution >= 4 is 11.6 Å². The Labute approximate surface area is 78.3 Å². The molecule has 12 heavy (non-hydrogen) atoms. The van der Waals surface area contributed by atoms with E-state index in [1.165, 1.54) is 17.0 Å². The predicted molar refractivity (Wildman–Crippen MR) is 51.8 cm³/mol.